The molecule has 0 radical (unpaired) electrons. The van der Waals surface area contributed by atoms with Crippen LogP contribution in [0, 0.1) is 5.82 Å². The normalized spacial score (nSPS) is 11.1. The van der Waals surface area contributed by atoms with Gasteiger partial charge in [0.2, 0.25) is 5.76 Å². The summed E-state index contributed by atoms with van der Waals surface area (Å²) in [4.78, 5) is 27.7. The molecule has 114 valence electrons. The smallest absolute Gasteiger partial charge is 0.373 e. The minimum atomic E-state index is -1.04. The Labute approximate surface area is 128 Å². The Morgan fingerprint density at radius 2 is 2.10 bits per heavy atom. The maximum Gasteiger partial charge on any atom is 0.373 e. The Kier molecular flexibility index (Phi) is 6.32. The fourth-order valence-corrected chi connectivity index (χ4v) is 1.81. The van der Waals surface area contributed by atoms with E-state index in [1.165, 1.54) is 25.3 Å². The molecule has 6 nitrogen and oxygen atoms in total. The molecule has 21 heavy (non-hydrogen) atoms. The number of ether oxygens (including phenoxy) is 1. The van der Waals surface area contributed by atoms with E-state index in [-0.39, 0.29) is 11.0 Å². The first-order valence-electron chi connectivity index (χ1n) is 5.67. The second kappa shape index (κ2) is 7.75. The molecule has 1 amide bonds. The van der Waals surface area contributed by atoms with Gasteiger partial charge in [-0.05, 0) is 33.6 Å². The lowest BCUT2D eigenvalue weighted by atomic mass is 10.2. The third kappa shape index (κ3) is 4.83. The Morgan fingerprint density at radius 3 is 2.62 bits per heavy atom. The molecule has 1 aromatic rings. The number of hydrogen-bond acceptors (Lipinski definition) is 5. The fourth-order valence-electron chi connectivity index (χ4n) is 1.39. The summed E-state index contributed by atoms with van der Waals surface area (Å²) >= 11 is 3.03. The number of aliphatic hydroxyl groups is 1. The summed E-state index contributed by atoms with van der Waals surface area (Å²) < 4.78 is 17.6. The molecule has 1 rings (SSSR count). The largest absolute Gasteiger partial charge is 0.502 e. The van der Waals surface area contributed by atoms with Gasteiger partial charge < -0.3 is 9.84 Å². The second-order valence-electron chi connectivity index (χ2n) is 3.83. The van der Waals surface area contributed by atoms with Gasteiger partial charge in [-0.1, -0.05) is 6.07 Å². The zero-order valence-electron chi connectivity index (χ0n) is 11.3. The predicted molar refractivity (Wildman–Crippen MR) is 74.4 cm³/mol. The minimum absolute atomic E-state index is 0.000827. The molecule has 0 aliphatic heterocycles. The molecular formula is C13H13BrFNO5. The zero-order valence-corrected chi connectivity index (χ0v) is 12.9. The molecule has 0 heterocycles. The summed E-state index contributed by atoms with van der Waals surface area (Å²) in [7, 11) is 2.32. The van der Waals surface area contributed by atoms with E-state index in [1.807, 2.05) is 0 Å². The Balaban J connectivity index is 2.85. The van der Waals surface area contributed by atoms with Gasteiger partial charge in [0.15, 0.2) is 0 Å². The molecule has 0 bridgehead atoms. The van der Waals surface area contributed by atoms with Crippen LogP contribution in [0.25, 0.3) is 0 Å². The van der Waals surface area contributed by atoms with E-state index < -0.39 is 23.5 Å². The first-order valence-corrected chi connectivity index (χ1v) is 6.46. The number of halogens is 2. The molecule has 0 saturated carbocycles. The number of amides is 1. The first-order chi connectivity index (χ1) is 9.88. The van der Waals surface area contributed by atoms with Crippen LogP contribution in [0.5, 0.6) is 0 Å². The average Bonchev–Trinajstić information content (AvgIpc) is 2.47. The number of nitrogens with zero attached hydrogens (tertiary/aromatic N) is 1. The first kappa shape index (κ1) is 17.1. The topological polar surface area (TPSA) is 76.1 Å². The van der Waals surface area contributed by atoms with Crippen LogP contribution in [-0.2, 0) is 25.7 Å². The Morgan fingerprint density at radius 1 is 1.43 bits per heavy atom. The third-order valence-corrected chi connectivity index (χ3v) is 3.04. The van der Waals surface area contributed by atoms with Gasteiger partial charge in [-0.3, -0.25) is 9.63 Å². The van der Waals surface area contributed by atoms with Crippen LogP contribution in [0.15, 0.2) is 34.5 Å². The SMILES string of the molecule is COC(=O)/C(O)=C/C(=O)N(Cc1ccc(F)c(Br)c1)OC. The lowest BCUT2D eigenvalue weighted by Crippen LogP contribution is -2.28. The van der Waals surface area contributed by atoms with E-state index in [9.17, 15) is 19.1 Å². The number of hydroxylamine groups is 2. The highest BCUT2D eigenvalue weighted by molar-refractivity contribution is 9.10. The van der Waals surface area contributed by atoms with Crippen LogP contribution in [0.1, 0.15) is 5.56 Å². The number of esters is 1. The fraction of sp³-hybridized carbons (Fsp3) is 0.231. The molecule has 1 aromatic carbocycles. The van der Waals surface area contributed by atoms with Gasteiger partial charge in [0, 0.05) is 0 Å². The third-order valence-electron chi connectivity index (χ3n) is 2.43. The van der Waals surface area contributed by atoms with Crippen LogP contribution in [0.3, 0.4) is 0 Å². The van der Waals surface area contributed by atoms with Gasteiger partial charge in [0.25, 0.3) is 5.91 Å². The van der Waals surface area contributed by atoms with Gasteiger partial charge >= 0.3 is 5.97 Å². The van der Waals surface area contributed by atoms with Gasteiger partial charge in [0.05, 0.1) is 31.3 Å². The quantitative estimate of drug-likeness (QED) is 0.376. The van der Waals surface area contributed by atoms with Crippen LogP contribution in [0.4, 0.5) is 4.39 Å². The monoisotopic (exact) mass is 361 g/mol. The van der Waals surface area contributed by atoms with E-state index in [0.717, 1.165) is 12.2 Å². The highest BCUT2D eigenvalue weighted by Crippen LogP contribution is 2.18. The summed E-state index contributed by atoms with van der Waals surface area (Å²) in [5.74, 6) is -3.08. The molecule has 0 spiro atoms. The summed E-state index contributed by atoms with van der Waals surface area (Å²) in [6.45, 7) is -0.000827. The lowest BCUT2D eigenvalue weighted by molar-refractivity contribution is -0.173. The zero-order chi connectivity index (χ0) is 16.0. The highest BCUT2D eigenvalue weighted by atomic mass is 79.9. The molecular weight excluding hydrogens is 349 g/mol. The molecule has 0 aliphatic rings. The van der Waals surface area contributed by atoms with Crippen LogP contribution < -0.4 is 0 Å². The number of benzene rings is 1. The number of hydrogen-bond donors (Lipinski definition) is 1. The van der Waals surface area contributed by atoms with Gasteiger partial charge in [-0.15, -0.1) is 0 Å². The van der Waals surface area contributed by atoms with Crippen molar-refractivity contribution < 1.29 is 28.7 Å². The van der Waals surface area contributed by atoms with E-state index >= 15 is 0 Å². The predicted octanol–water partition coefficient (Wildman–Crippen LogP) is 2.09. The number of carbonyl (C=O) groups excluding carboxylic acids is 2. The lowest BCUT2D eigenvalue weighted by Gasteiger charge is -2.18. The highest BCUT2D eigenvalue weighted by Gasteiger charge is 2.16. The summed E-state index contributed by atoms with van der Waals surface area (Å²) in [6, 6.07) is 4.20. The van der Waals surface area contributed by atoms with Gasteiger partial charge in [-0.2, -0.15) is 0 Å². The van der Waals surface area contributed by atoms with Crippen molar-refractivity contribution in [2.75, 3.05) is 14.2 Å². The van der Waals surface area contributed by atoms with Crippen molar-refractivity contribution in [1.82, 2.24) is 5.06 Å². The number of carbonyl (C=O) groups is 2. The number of aliphatic hydroxyl groups excluding tert-OH is 1. The average molecular weight is 362 g/mol. The summed E-state index contributed by atoms with van der Waals surface area (Å²) in [5, 5.41) is 10.2. The van der Waals surface area contributed by atoms with Crippen LogP contribution in [0.2, 0.25) is 0 Å². The van der Waals surface area contributed by atoms with Crippen molar-refractivity contribution in [2.45, 2.75) is 6.54 Å². The van der Waals surface area contributed by atoms with Gasteiger partial charge in [-0.25, -0.2) is 14.2 Å². The van der Waals surface area contributed by atoms with Crippen LogP contribution in [-0.4, -0.2) is 36.3 Å². The summed E-state index contributed by atoms with van der Waals surface area (Å²) in [5.41, 5.74) is 0.587. The molecule has 0 fully saturated rings. The number of rotatable bonds is 5. The van der Waals surface area contributed by atoms with Crippen molar-refractivity contribution in [3.63, 3.8) is 0 Å². The summed E-state index contributed by atoms with van der Waals surface area (Å²) in [6.07, 6.45) is 0.675. The van der Waals surface area contributed by atoms with Gasteiger partial charge in [0.1, 0.15) is 5.82 Å². The minimum Gasteiger partial charge on any atom is -0.502 e. The van der Waals surface area contributed by atoms with Crippen molar-refractivity contribution in [1.29, 1.82) is 0 Å². The van der Waals surface area contributed by atoms with Crippen LogP contribution >= 0.6 is 15.9 Å². The molecule has 0 atom stereocenters. The molecule has 8 heteroatoms. The van der Waals surface area contributed by atoms with Crippen molar-refractivity contribution >= 4 is 27.8 Å². The van der Waals surface area contributed by atoms with Crippen molar-refractivity contribution in [2.24, 2.45) is 0 Å². The van der Waals surface area contributed by atoms with E-state index in [0.29, 0.717) is 11.6 Å². The Hall–Kier alpha value is -1.93. The Bertz CT molecular complexity index is 576. The van der Waals surface area contributed by atoms with Crippen molar-refractivity contribution in [3.8, 4) is 0 Å². The van der Waals surface area contributed by atoms with E-state index in [2.05, 4.69) is 20.7 Å². The molecule has 0 aromatic heterocycles. The molecule has 1 N–H and O–H groups in total. The van der Waals surface area contributed by atoms with E-state index in [1.54, 1.807) is 0 Å². The second-order valence-corrected chi connectivity index (χ2v) is 4.68. The maximum atomic E-state index is 13.1. The van der Waals surface area contributed by atoms with E-state index in [4.69, 9.17) is 4.84 Å². The molecule has 0 aliphatic carbocycles. The number of methoxy groups -OCH3 is 1. The molecule has 0 saturated heterocycles. The molecule has 0 unspecified atom stereocenters. The van der Waals surface area contributed by atoms with Crippen molar-refractivity contribution in [3.05, 3.63) is 45.9 Å². The standard InChI is InChI=1S/C13H13BrFNO5/c1-20-13(19)11(17)6-12(18)16(21-2)7-8-3-4-10(15)9(14)5-8/h3-6,17H,7H2,1-2H3/b11-6-. The maximum absolute atomic E-state index is 13.1.